The zero-order valence-corrected chi connectivity index (χ0v) is 15.8. The van der Waals surface area contributed by atoms with E-state index in [0.717, 1.165) is 4.90 Å². The molecule has 1 heterocycles. The van der Waals surface area contributed by atoms with E-state index in [1.165, 1.54) is 30.8 Å². The van der Waals surface area contributed by atoms with E-state index in [9.17, 15) is 19.5 Å². The number of nitrogens with one attached hydrogen (secondary N) is 1. The molecule has 9 heteroatoms. The monoisotopic (exact) mass is 400 g/mol. The Balaban J connectivity index is 1.98. The number of hydrogen-bond acceptors (Lipinski definition) is 7. The summed E-state index contributed by atoms with van der Waals surface area (Å²) in [5.41, 5.74) is 1.90. The van der Waals surface area contributed by atoms with Gasteiger partial charge >= 0.3 is 0 Å². The molecule has 1 unspecified atom stereocenters. The summed E-state index contributed by atoms with van der Waals surface area (Å²) in [7, 11) is 1.49. The number of hydroxylamine groups is 1. The Morgan fingerprint density at radius 3 is 2.55 bits per heavy atom. The molecule has 3 amide bonds. The topological polar surface area (TPSA) is 125 Å². The van der Waals surface area contributed by atoms with Crippen LogP contribution in [-0.4, -0.2) is 52.7 Å². The first kappa shape index (κ1) is 20.2. The maximum Gasteiger partial charge on any atom is 0.266 e. The summed E-state index contributed by atoms with van der Waals surface area (Å²) in [6.45, 7) is 2.19. The van der Waals surface area contributed by atoms with Crippen molar-refractivity contribution in [2.24, 2.45) is 0 Å². The lowest BCUT2D eigenvalue weighted by atomic mass is 10.0. The Hall–Kier alpha value is -3.59. The quantitative estimate of drug-likeness (QED) is 0.365. The molecule has 29 heavy (non-hydrogen) atoms. The summed E-state index contributed by atoms with van der Waals surface area (Å²) in [6, 6.07) is 7.71. The second-order valence-corrected chi connectivity index (χ2v) is 6.29. The van der Waals surface area contributed by atoms with E-state index in [1.807, 2.05) is 0 Å². The normalized spacial score (nSPS) is 13.8. The van der Waals surface area contributed by atoms with Crippen LogP contribution in [0.3, 0.4) is 0 Å². The molecule has 1 aliphatic rings. The van der Waals surface area contributed by atoms with Crippen molar-refractivity contribution in [1.29, 1.82) is 0 Å². The highest BCUT2D eigenvalue weighted by atomic mass is 16.5. The van der Waals surface area contributed by atoms with Gasteiger partial charge in [0.25, 0.3) is 17.7 Å². The lowest BCUT2D eigenvalue weighted by molar-refractivity contribution is -0.133. The molecule has 0 bridgehead atoms. The maximum absolute atomic E-state index is 12.8. The van der Waals surface area contributed by atoms with Crippen LogP contribution in [0.1, 0.15) is 33.2 Å². The summed E-state index contributed by atoms with van der Waals surface area (Å²) in [5.74, 6) is -1.90. The van der Waals surface area contributed by atoms with Gasteiger partial charge in [0.1, 0.15) is 11.8 Å². The van der Waals surface area contributed by atoms with Gasteiger partial charge < -0.3 is 14.6 Å². The molecule has 0 aliphatic carbocycles. The van der Waals surface area contributed by atoms with Crippen LogP contribution < -0.4 is 15.0 Å². The SMILES string of the molecule is CCOc1cc(CC(C(=O)NO)N2C(=O)c3cccc(O)c3C2=O)ccc1OC. The van der Waals surface area contributed by atoms with Crippen molar-refractivity contribution in [1.82, 2.24) is 10.4 Å². The van der Waals surface area contributed by atoms with Gasteiger partial charge in [-0.15, -0.1) is 0 Å². The van der Waals surface area contributed by atoms with Gasteiger partial charge in [0.15, 0.2) is 11.5 Å². The number of phenols is 1. The number of fused-ring (bicyclic) bond motifs is 1. The number of methoxy groups -OCH3 is 1. The van der Waals surface area contributed by atoms with Gasteiger partial charge in [0, 0.05) is 6.42 Å². The molecular weight excluding hydrogens is 380 g/mol. The fraction of sp³-hybridized carbons (Fsp3) is 0.250. The number of carbonyl (C=O) groups excluding carboxylic acids is 3. The highest BCUT2D eigenvalue weighted by molar-refractivity contribution is 6.24. The van der Waals surface area contributed by atoms with Crippen LogP contribution in [0.4, 0.5) is 0 Å². The first-order valence-electron chi connectivity index (χ1n) is 8.86. The summed E-state index contributed by atoms with van der Waals surface area (Å²) >= 11 is 0. The van der Waals surface area contributed by atoms with Gasteiger partial charge in [-0.3, -0.25) is 24.5 Å². The van der Waals surface area contributed by atoms with Gasteiger partial charge in [-0.25, -0.2) is 5.48 Å². The maximum atomic E-state index is 12.8. The first-order chi connectivity index (χ1) is 13.9. The van der Waals surface area contributed by atoms with Crippen LogP contribution in [0, 0.1) is 0 Å². The Morgan fingerprint density at radius 1 is 1.17 bits per heavy atom. The summed E-state index contributed by atoms with van der Waals surface area (Å²) in [4.78, 5) is 38.6. The fourth-order valence-electron chi connectivity index (χ4n) is 3.28. The van der Waals surface area contributed by atoms with Gasteiger partial charge in [-0.05, 0) is 36.8 Å². The zero-order valence-electron chi connectivity index (χ0n) is 15.8. The zero-order chi connectivity index (χ0) is 21.1. The van der Waals surface area contributed by atoms with E-state index in [4.69, 9.17) is 14.7 Å². The van der Waals surface area contributed by atoms with Crippen molar-refractivity contribution in [2.45, 2.75) is 19.4 Å². The van der Waals surface area contributed by atoms with Crippen molar-refractivity contribution in [3.8, 4) is 17.2 Å². The number of benzene rings is 2. The minimum absolute atomic E-state index is 0.00419. The molecule has 152 valence electrons. The highest BCUT2D eigenvalue weighted by Crippen LogP contribution is 2.33. The van der Waals surface area contributed by atoms with E-state index in [-0.39, 0.29) is 23.3 Å². The molecule has 3 rings (SSSR count). The Labute approximate surface area is 166 Å². The van der Waals surface area contributed by atoms with E-state index in [2.05, 4.69) is 0 Å². The van der Waals surface area contributed by atoms with Crippen molar-refractivity contribution in [3.63, 3.8) is 0 Å². The number of rotatable bonds is 7. The number of aromatic hydroxyl groups is 1. The van der Waals surface area contributed by atoms with Gasteiger partial charge in [0.2, 0.25) is 0 Å². The van der Waals surface area contributed by atoms with Crippen LogP contribution in [0.25, 0.3) is 0 Å². The predicted molar refractivity (Wildman–Crippen MR) is 100 cm³/mol. The van der Waals surface area contributed by atoms with Crippen molar-refractivity contribution < 1.29 is 34.2 Å². The van der Waals surface area contributed by atoms with Crippen molar-refractivity contribution >= 4 is 17.7 Å². The third-order valence-corrected chi connectivity index (χ3v) is 4.61. The Kier molecular flexibility index (Phi) is 5.69. The molecule has 2 aromatic carbocycles. The third kappa shape index (κ3) is 3.59. The molecule has 0 radical (unpaired) electrons. The molecule has 0 fully saturated rings. The van der Waals surface area contributed by atoms with Crippen LogP contribution in [0.2, 0.25) is 0 Å². The summed E-state index contributed by atoms with van der Waals surface area (Å²) in [5, 5.41) is 19.1. The lowest BCUT2D eigenvalue weighted by Gasteiger charge is -2.24. The molecule has 2 aromatic rings. The fourth-order valence-corrected chi connectivity index (χ4v) is 3.28. The molecule has 0 aromatic heterocycles. The van der Waals surface area contributed by atoms with Crippen LogP contribution in [-0.2, 0) is 11.2 Å². The molecular formula is C20H20N2O7. The van der Waals surface area contributed by atoms with Gasteiger partial charge in [-0.1, -0.05) is 12.1 Å². The van der Waals surface area contributed by atoms with Gasteiger partial charge in [0.05, 0.1) is 24.8 Å². The Morgan fingerprint density at radius 2 is 1.93 bits per heavy atom. The van der Waals surface area contributed by atoms with E-state index < -0.39 is 23.8 Å². The number of carbonyl (C=O) groups is 3. The lowest BCUT2D eigenvalue weighted by Crippen LogP contribution is -2.50. The van der Waals surface area contributed by atoms with Crippen LogP contribution in [0.5, 0.6) is 17.2 Å². The number of hydrogen-bond donors (Lipinski definition) is 3. The molecule has 0 saturated carbocycles. The molecule has 1 aliphatic heterocycles. The average Bonchev–Trinajstić information content (AvgIpc) is 2.97. The molecule has 1 atom stereocenters. The minimum atomic E-state index is -1.34. The number of amides is 3. The number of imide groups is 1. The first-order valence-corrected chi connectivity index (χ1v) is 8.86. The number of phenolic OH excluding ortho intramolecular Hbond substituents is 1. The third-order valence-electron chi connectivity index (χ3n) is 4.61. The second-order valence-electron chi connectivity index (χ2n) is 6.29. The average molecular weight is 400 g/mol. The van der Waals surface area contributed by atoms with E-state index in [0.29, 0.717) is 23.7 Å². The largest absolute Gasteiger partial charge is 0.507 e. The van der Waals surface area contributed by atoms with Crippen LogP contribution in [0.15, 0.2) is 36.4 Å². The summed E-state index contributed by atoms with van der Waals surface area (Å²) < 4.78 is 10.7. The van der Waals surface area contributed by atoms with E-state index in [1.54, 1.807) is 25.1 Å². The van der Waals surface area contributed by atoms with Crippen molar-refractivity contribution in [3.05, 3.63) is 53.1 Å². The van der Waals surface area contributed by atoms with Crippen LogP contribution >= 0.6 is 0 Å². The molecule has 9 nitrogen and oxygen atoms in total. The molecule has 3 N–H and O–H groups in total. The Bertz CT molecular complexity index is 973. The van der Waals surface area contributed by atoms with Gasteiger partial charge in [-0.2, -0.15) is 0 Å². The minimum Gasteiger partial charge on any atom is -0.507 e. The molecule has 0 spiro atoms. The number of nitrogens with zero attached hydrogens (tertiary/aromatic N) is 1. The predicted octanol–water partition coefficient (Wildman–Crippen LogP) is 1.51. The van der Waals surface area contributed by atoms with E-state index >= 15 is 0 Å². The summed E-state index contributed by atoms with van der Waals surface area (Å²) in [6.07, 6.45) is -0.0807. The molecule has 0 saturated heterocycles. The highest BCUT2D eigenvalue weighted by Gasteiger charge is 2.44. The second kappa shape index (κ2) is 8.19. The smallest absolute Gasteiger partial charge is 0.266 e. The number of ether oxygens (including phenoxy) is 2. The standard InChI is InChI=1S/C20H20N2O7/c1-3-29-16-10-11(7-8-15(16)28-2)9-13(18(24)21-27)22-19(25)12-5-4-6-14(23)17(12)20(22)26/h4-8,10,13,23,27H,3,9H2,1-2H3,(H,21,24). The van der Waals surface area contributed by atoms with Crippen molar-refractivity contribution in [2.75, 3.05) is 13.7 Å².